The van der Waals surface area contributed by atoms with Gasteiger partial charge in [0.1, 0.15) is 5.15 Å². The van der Waals surface area contributed by atoms with Gasteiger partial charge in [-0.2, -0.15) is 0 Å². The Kier molecular flexibility index (Phi) is 5.66. The molecule has 0 aliphatic carbocycles. The summed E-state index contributed by atoms with van der Waals surface area (Å²) in [6, 6.07) is 7.20. The molecule has 2 rings (SSSR count). The molecule has 0 fully saturated rings. The van der Waals surface area contributed by atoms with Crippen molar-refractivity contribution in [2.75, 3.05) is 5.32 Å². The van der Waals surface area contributed by atoms with E-state index in [0.29, 0.717) is 10.7 Å². The Morgan fingerprint density at radius 1 is 1.16 bits per heavy atom. The normalized spacial score (nSPS) is 10.3. The molecule has 0 unspecified atom stereocenters. The molecular weight excluding hydrogens is 604 g/mol. The lowest BCUT2D eigenvalue weighted by molar-refractivity contribution is 0.102. The number of carbonyl (C=O) groups is 1. The number of benzene rings is 1. The maximum Gasteiger partial charge on any atom is 0.255 e. The summed E-state index contributed by atoms with van der Waals surface area (Å²) in [6.45, 7) is 0. The van der Waals surface area contributed by atoms with Crippen LogP contribution in [0.15, 0.2) is 30.5 Å². The summed E-state index contributed by atoms with van der Waals surface area (Å²) in [6.07, 6.45) is 1.51. The van der Waals surface area contributed by atoms with Gasteiger partial charge >= 0.3 is 0 Å². The highest BCUT2D eigenvalue weighted by Crippen LogP contribution is 2.27. The number of nitrogens with zero attached hydrogens (tertiary/aromatic N) is 1. The van der Waals surface area contributed by atoms with Crippen LogP contribution in [0.2, 0.25) is 5.15 Å². The number of aromatic nitrogens is 1. The van der Waals surface area contributed by atoms with Gasteiger partial charge in [-0.1, -0.05) is 11.6 Å². The number of carbonyl (C=O) groups excluding carboxylic acids is 1. The topological polar surface area (TPSA) is 42.0 Å². The average Bonchev–Trinajstić information content (AvgIpc) is 2.33. The van der Waals surface area contributed by atoms with Crippen molar-refractivity contribution in [2.24, 2.45) is 0 Å². The molecule has 0 aliphatic heterocycles. The molecule has 19 heavy (non-hydrogen) atoms. The molecule has 0 radical (unpaired) electrons. The van der Waals surface area contributed by atoms with Crippen LogP contribution in [0.4, 0.5) is 5.69 Å². The van der Waals surface area contributed by atoms with E-state index in [9.17, 15) is 4.79 Å². The molecule has 0 bridgehead atoms. The van der Waals surface area contributed by atoms with Crippen LogP contribution in [0.1, 0.15) is 10.4 Å². The molecule has 1 N–H and O–H groups in total. The van der Waals surface area contributed by atoms with Crippen LogP contribution in [0.3, 0.4) is 0 Å². The maximum absolute atomic E-state index is 12.1. The molecule has 1 aromatic heterocycles. The number of hydrogen-bond donors (Lipinski definition) is 1. The highest BCUT2D eigenvalue weighted by atomic mass is 127. The maximum atomic E-state index is 12.1. The minimum Gasteiger partial charge on any atom is -0.320 e. The van der Waals surface area contributed by atoms with E-state index in [0.717, 1.165) is 16.4 Å². The Labute approximate surface area is 156 Å². The number of pyridine rings is 1. The Morgan fingerprint density at radius 3 is 2.37 bits per heavy atom. The van der Waals surface area contributed by atoms with Crippen molar-refractivity contribution in [3.63, 3.8) is 0 Å². The molecule has 2 aromatic rings. The van der Waals surface area contributed by atoms with Crippen LogP contribution >= 0.6 is 79.4 Å². The Bertz CT molecular complexity index is 626. The van der Waals surface area contributed by atoms with Crippen molar-refractivity contribution in [3.8, 4) is 0 Å². The van der Waals surface area contributed by atoms with Crippen molar-refractivity contribution in [1.29, 1.82) is 0 Å². The SMILES string of the molecule is O=C(Nc1c(I)cc(I)cc1I)c1ccnc(Cl)c1. The van der Waals surface area contributed by atoms with E-state index in [2.05, 4.69) is 78.1 Å². The molecule has 98 valence electrons. The van der Waals surface area contributed by atoms with Crippen molar-refractivity contribution >= 4 is 91.0 Å². The number of hydrogen-bond acceptors (Lipinski definition) is 2. The summed E-state index contributed by atoms with van der Waals surface area (Å²) >= 11 is 12.4. The first-order valence-electron chi connectivity index (χ1n) is 5.05. The fraction of sp³-hybridized carbons (Fsp3) is 0. The molecule has 1 amide bonds. The third-order valence-electron chi connectivity index (χ3n) is 2.23. The summed E-state index contributed by atoms with van der Waals surface area (Å²) in [5, 5.41) is 3.21. The van der Waals surface area contributed by atoms with E-state index in [1.54, 1.807) is 12.1 Å². The number of rotatable bonds is 2. The van der Waals surface area contributed by atoms with E-state index < -0.39 is 0 Å². The molecule has 0 saturated carbocycles. The zero-order valence-corrected chi connectivity index (χ0v) is 16.5. The second-order valence-corrected chi connectivity index (χ2v) is 7.52. The zero-order chi connectivity index (χ0) is 14.0. The van der Waals surface area contributed by atoms with Crippen molar-refractivity contribution < 1.29 is 4.79 Å². The second kappa shape index (κ2) is 6.85. The summed E-state index contributed by atoms with van der Waals surface area (Å²) in [5.41, 5.74) is 1.31. The van der Waals surface area contributed by atoms with Crippen LogP contribution in [-0.2, 0) is 0 Å². The van der Waals surface area contributed by atoms with Gasteiger partial charge in [-0.3, -0.25) is 4.79 Å². The van der Waals surface area contributed by atoms with Crippen LogP contribution < -0.4 is 5.32 Å². The van der Waals surface area contributed by atoms with Crippen molar-refractivity contribution in [3.05, 3.63) is 51.9 Å². The van der Waals surface area contributed by atoms with Gasteiger partial charge in [0.25, 0.3) is 5.91 Å². The monoisotopic (exact) mass is 610 g/mol. The average molecular weight is 610 g/mol. The van der Waals surface area contributed by atoms with Gasteiger partial charge in [0.2, 0.25) is 0 Å². The number of amides is 1. The molecule has 0 atom stereocenters. The third kappa shape index (κ3) is 4.14. The Morgan fingerprint density at radius 2 is 1.79 bits per heavy atom. The summed E-state index contributed by atoms with van der Waals surface area (Å²) in [4.78, 5) is 16.0. The van der Waals surface area contributed by atoms with Gasteiger partial charge < -0.3 is 5.32 Å². The van der Waals surface area contributed by atoms with Gasteiger partial charge in [0.05, 0.1) is 5.69 Å². The van der Waals surface area contributed by atoms with Crippen LogP contribution in [0.5, 0.6) is 0 Å². The van der Waals surface area contributed by atoms with Crippen LogP contribution in [-0.4, -0.2) is 10.9 Å². The lowest BCUT2D eigenvalue weighted by atomic mass is 10.2. The lowest BCUT2D eigenvalue weighted by Gasteiger charge is -2.10. The lowest BCUT2D eigenvalue weighted by Crippen LogP contribution is -2.14. The summed E-state index contributed by atoms with van der Waals surface area (Å²) < 4.78 is 3.14. The van der Waals surface area contributed by atoms with Crippen molar-refractivity contribution in [2.45, 2.75) is 0 Å². The Hall–Kier alpha value is 0.320. The third-order valence-corrected chi connectivity index (χ3v) is 4.77. The van der Waals surface area contributed by atoms with Gasteiger partial charge in [-0.25, -0.2) is 4.98 Å². The van der Waals surface area contributed by atoms with E-state index in [1.165, 1.54) is 6.20 Å². The van der Waals surface area contributed by atoms with Gasteiger partial charge in [0, 0.05) is 22.5 Å². The van der Waals surface area contributed by atoms with Crippen LogP contribution in [0.25, 0.3) is 0 Å². The predicted octanol–water partition coefficient (Wildman–Crippen LogP) is 4.80. The standard InChI is InChI=1S/C12H6ClI3N2O/c13-10-3-6(1-2-17-10)12(19)18-11-8(15)4-7(14)5-9(11)16/h1-5H,(H,18,19). The number of halogens is 4. The first-order valence-corrected chi connectivity index (χ1v) is 8.66. The molecule has 3 nitrogen and oxygen atoms in total. The minimum atomic E-state index is -0.193. The predicted molar refractivity (Wildman–Crippen MR) is 102 cm³/mol. The van der Waals surface area contributed by atoms with E-state index >= 15 is 0 Å². The first kappa shape index (κ1) is 15.7. The fourth-order valence-electron chi connectivity index (χ4n) is 1.39. The van der Waals surface area contributed by atoms with Crippen LogP contribution in [0, 0.1) is 10.7 Å². The fourth-order valence-corrected chi connectivity index (χ4v) is 5.42. The van der Waals surface area contributed by atoms with Gasteiger partial charge in [-0.05, 0) is 92.0 Å². The molecule has 1 heterocycles. The smallest absolute Gasteiger partial charge is 0.255 e. The first-order chi connectivity index (χ1) is 8.97. The summed E-state index contributed by atoms with van der Waals surface area (Å²) in [5.74, 6) is -0.193. The molecule has 0 aliphatic rings. The number of nitrogens with one attached hydrogen (secondary N) is 1. The second-order valence-electron chi connectivity index (χ2n) is 3.57. The molecule has 7 heteroatoms. The van der Waals surface area contributed by atoms with Gasteiger partial charge in [0.15, 0.2) is 0 Å². The van der Waals surface area contributed by atoms with E-state index in [-0.39, 0.29) is 5.91 Å². The van der Waals surface area contributed by atoms with E-state index in [4.69, 9.17) is 11.6 Å². The molecule has 0 saturated heterocycles. The highest BCUT2D eigenvalue weighted by molar-refractivity contribution is 14.1. The zero-order valence-electron chi connectivity index (χ0n) is 9.25. The summed E-state index contributed by atoms with van der Waals surface area (Å²) in [7, 11) is 0. The van der Waals surface area contributed by atoms with Crippen molar-refractivity contribution in [1.82, 2.24) is 4.98 Å². The molecule has 0 spiro atoms. The minimum absolute atomic E-state index is 0.193. The Balaban J connectivity index is 2.29. The molecule has 1 aromatic carbocycles. The highest BCUT2D eigenvalue weighted by Gasteiger charge is 2.12. The number of anilines is 1. The molecular formula is C12H6ClI3N2O. The largest absolute Gasteiger partial charge is 0.320 e. The van der Waals surface area contributed by atoms with Gasteiger partial charge in [-0.15, -0.1) is 0 Å². The van der Waals surface area contributed by atoms with E-state index in [1.807, 2.05) is 12.1 Å². The quantitative estimate of drug-likeness (QED) is 0.393.